The first kappa shape index (κ1) is 10.1. The van der Waals surface area contributed by atoms with Crippen LogP contribution in [0.1, 0.15) is 56.0 Å². The van der Waals surface area contributed by atoms with Crippen molar-refractivity contribution in [2.24, 2.45) is 11.8 Å². The van der Waals surface area contributed by atoms with Crippen molar-refractivity contribution in [3.63, 3.8) is 0 Å². The molecule has 3 saturated carbocycles. The smallest absolute Gasteiger partial charge is 0.109 e. The summed E-state index contributed by atoms with van der Waals surface area (Å²) in [6, 6.07) is 0.782. The molecule has 3 unspecified atom stereocenters. The van der Waals surface area contributed by atoms with Crippen molar-refractivity contribution >= 4 is 0 Å². The van der Waals surface area contributed by atoms with Crippen molar-refractivity contribution in [2.45, 2.75) is 57.0 Å². The van der Waals surface area contributed by atoms with Gasteiger partial charge >= 0.3 is 0 Å². The zero-order valence-corrected chi connectivity index (χ0v) is 10.3. The molecule has 3 nitrogen and oxygen atoms in total. The molecule has 0 amide bonds. The fraction of sp³-hybridized carbons (Fsp3) is 0.786. The second-order valence-electron chi connectivity index (χ2n) is 6.23. The molecular formula is C14H21N3. The lowest BCUT2D eigenvalue weighted by atomic mass is 9.88. The van der Waals surface area contributed by atoms with Gasteiger partial charge in [0.25, 0.3) is 0 Å². The summed E-state index contributed by atoms with van der Waals surface area (Å²) in [6.45, 7) is 0.971. The van der Waals surface area contributed by atoms with Crippen LogP contribution in [-0.2, 0) is 6.54 Å². The lowest BCUT2D eigenvalue weighted by Gasteiger charge is -2.19. The highest BCUT2D eigenvalue weighted by molar-refractivity contribution is 5.11. The van der Waals surface area contributed by atoms with Crippen LogP contribution in [0.4, 0.5) is 0 Å². The minimum atomic E-state index is 0.739. The number of H-pyrrole nitrogens is 1. The van der Waals surface area contributed by atoms with Gasteiger partial charge in [0.1, 0.15) is 5.82 Å². The van der Waals surface area contributed by atoms with Gasteiger partial charge in [0, 0.05) is 30.4 Å². The van der Waals surface area contributed by atoms with E-state index in [0.29, 0.717) is 0 Å². The van der Waals surface area contributed by atoms with Gasteiger partial charge in [0.15, 0.2) is 0 Å². The molecule has 4 rings (SSSR count). The maximum absolute atomic E-state index is 4.62. The van der Waals surface area contributed by atoms with Crippen LogP contribution in [0.3, 0.4) is 0 Å². The maximum Gasteiger partial charge on any atom is 0.109 e. The number of rotatable bonds is 4. The number of imidazole rings is 1. The molecule has 17 heavy (non-hydrogen) atoms. The van der Waals surface area contributed by atoms with E-state index < -0.39 is 0 Å². The number of aromatic amines is 1. The minimum Gasteiger partial charge on any atom is -0.345 e. The molecule has 3 fully saturated rings. The standard InChI is InChI=1S/C14H21N3/c1-2-10-5-9(1)6-13(10)14-16-8-12(17-14)7-15-11-3-4-11/h8-11,13,15H,1-7H2,(H,16,17). The first-order chi connectivity index (χ1) is 8.38. The first-order valence-corrected chi connectivity index (χ1v) is 7.15. The lowest BCUT2D eigenvalue weighted by Crippen LogP contribution is -2.15. The Labute approximate surface area is 102 Å². The van der Waals surface area contributed by atoms with Gasteiger partial charge in [-0.25, -0.2) is 4.98 Å². The highest BCUT2D eigenvalue weighted by atomic mass is 15.0. The zero-order valence-electron chi connectivity index (χ0n) is 10.3. The van der Waals surface area contributed by atoms with E-state index in [1.165, 1.54) is 50.0 Å². The number of aromatic nitrogens is 2. The molecule has 2 N–H and O–H groups in total. The Morgan fingerprint density at radius 3 is 2.88 bits per heavy atom. The molecule has 1 heterocycles. The molecule has 1 aromatic heterocycles. The molecule has 0 aliphatic heterocycles. The highest BCUT2D eigenvalue weighted by Gasteiger charge is 2.41. The molecule has 2 bridgehead atoms. The highest BCUT2D eigenvalue weighted by Crippen LogP contribution is 2.52. The van der Waals surface area contributed by atoms with E-state index in [2.05, 4.69) is 15.3 Å². The summed E-state index contributed by atoms with van der Waals surface area (Å²) in [5.41, 5.74) is 1.27. The summed E-state index contributed by atoms with van der Waals surface area (Å²) >= 11 is 0. The van der Waals surface area contributed by atoms with E-state index in [0.717, 1.165) is 30.3 Å². The van der Waals surface area contributed by atoms with Crippen LogP contribution in [0.25, 0.3) is 0 Å². The van der Waals surface area contributed by atoms with Crippen LogP contribution in [-0.4, -0.2) is 16.0 Å². The molecule has 3 aliphatic rings. The average Bonchev–Trinajstić information content (AvgIpc) is 2.82. The van der Waals surface area contributed by atoms with E-state index in [1.807, 2.05) is 6.20 Å². The fourth-order valence-corrected chi connectivity index (χ4v) is 3.78. The Kier molecular flexibility index (Phi) is 2.29. The van der Waals surface area contributed by atoms with Crippen molar-refractivity contribution in [3.8, 4) is 0 Å². The Balaban J connectivity index is 1.43. The zero-order chi connectivity index (χ0) is 11.2. The average molecular weight is 231 g/mol. The number of hydrogen-bond acceptors (Lipinski definition) is 2. The van der Waals surface area contributed by atoms with Crippen LogP contribution in [0.2, 0.25) is 0 Å². The Morgan fingerprint density at radius 1 is 1.24 bits per heavy atom. The van der Waals surface area contributed by atoms with E-state index >= 15 is 0 Å². The summed E-state index contributed by atoms with van der Waals surface area (Å²) in [5, 5.41) is 3.54. The van der Waals surface area contributed by atoms with Crippen LogP contribution in [0.5, 0.6) is 0 Å². The van der Waals surface area contributed by atoms with Gasteiger partial charge in [-0.2, -0.15) is 0 Å². The van der Waals surface area contributed by atoms with Gasteiger partial charge in [-0.3, -0.25) is 0 Å². The monoisotopic (exact) mass is 231 g/mol. The molecule has 0 aromatic carbocycles. The molecule has 3 atom stereocenters. The van der Waals surface area contributed by atoms with Crippen molar-refractivity contribution < 1.29 is 0 Å². The van der Waals surface area contributed by atoms with Crippen LogP contribution >= 0.6 is 0 Å². The lowest BCUT2D eigenvalue weighted by molar-refractivity contribution is 0.407. The Bertz CT molecular complexity index is 407. The molecule has 1 aromatic rings. The van der Waals surface area contributed by atoms with Gasteiger partial charge in [0.05, 0.1) is 0 Å². The first-order valence-electron chi connectivity index (χ1n) is 7.15. The van der Waals surface area contributed by atoms with Crippen molar-refractivity contribution in [1.82, 2.24) is 15.3 Å². The molecule has 92 valence electrons. The van der Waals surface area contributed by atoms with Crippen molar-refractivity contribution in [2.75, 3.05) is 0 Å². The molecule has 0 radical (unpaired) electrons. The molecule has 3 aliphatic carbocycles. The quantitative estimate of drug-likeness (QED) is 0.836. The van der Waals surface area contributed by atoms with E-state index in [-0.39, 0.29) is 0 Å². The Morgan fingerprint density at radius 2 is 2.18 bits per heavy atom. The molecule has 0 spiro atoms. The third kappa shape index (κ3) is 1.90. The fourth-order valence-electron chi connectivity index (χ4n) is 3.78. The van der Waals surface area contributed by atoms with E-state index in [1.54, 1.807) is 0 Å². The van der Waals surface area contributed by atoms with E-state index in [9.17, 15) is 0 Å². The Hall–Kier alpha value is -0.830. The number of hydrogen-bond donors (Lipinski definition) is 2. The third-order valence-corrected chi connectivity index (χ3v) is 4.90. The van der Waals surface area contributed by atoms with Gasteiger partial charge in [0.2, 0.25) is 0 Å². The van der Waals surface area contributed by atoms with Gasteiger partial charge in [-0.1, -0.05) is 6.42 Å². The normalized spacial score (nSPS) is 35.6. The van der Waals surface area contributed by atoms with Crippen molar-refractivity contribution in [1.29, 1.82) is 0 Å². The predicted octanol–water partition coefficient (Wildman–Crippen LogP) is 2.57. The predicted molar refractivity (Wildman–Crippen MR) is 66.6 cm³/mol. The van der Waals surface area contributed by atoms with Gasteiger partial charge in [-0.15, -0.1) is 0 Å². The van der Waals surface area contributed by atoms with Gasteiger partial charge < -0.3 is 10.3 Å². The topological polar surface area (TPSA) is 40.7 Å². The third-order valence-electron chi connectivity index (χ3n) is 4.90. The van der Waals surface area contributed by atoms with Crippen LogP contribution < -0.4 is 5.32 Å². The summed E-state index contributed by atoms with van der Waals surface area (Å²) in [5.74, 6) is 3.94. The molecule has 0 saturated heterocycles. The molecular weight excluding hydrogens is 210 g/mol. The summed E-state index contributed by atoms with van der Waals surface area (Å²) in [7, 11) is 0. The SMILES string of the molecule is c1nc(C2CC3CCC2C3)[nH]c1CNC1CC1. The minimum absolute atomic E-state index is 0.739. The second-order valence-corrected chi connectivity index (χ2v) is 6.23. The summed E-state index contributed by atoms with van der Waals surface area (Å²) < 4.78 is 0. The van der Waals surface area contributed by atoms with E-state index in [4.69, 9.17) is 0 Å². The number of nitrogens with one attached hydrogen (secondary N) is 2. The number of fused-ring (bicyclic) bond motifs is 2. The van der Waals surface area contributed by atoms with Crippen LogP contribution in [0.15, 0.2) is 6.20 Å². The summed E-state index contributed by atoms with van der Waals surface area (Å²) in [6.07, 6.45) is 10.5. The van der Waals surface area contributed by atoms with Crippen molar-refractivity contribution in [3.05, 3.63) is 17.7 Å². The second kappa shape index (κ2) is 3.84. The van der Waals surface area contributed by atoms with Crippen LogP contribution in [0, 0.1) is 11.8 Å². The molecule has 3 heteroatoms. The maximum atomic E-state index is 4.62. The number of nitrogens with zero attached hydrogens (tertiary/aromatic N) is 1. The van der Waals surface area contributed by atoms with Gasteiger partial charge in [-0.05, 0) is 43.9 Å². The summed E-state index contributed by atoms with van der Waals surface area (Å²) in [4.78, 5) is 8.17. The largest absolute Gasteiger partial charge is 0.345 e.